The number of nitrogens with zero attached hydrogens (tertiary/aromatic N) is 2. The lowest BCUT2D eigenvalue weighted by Gasteiger charge is -2.37. The summed E-state index contributed by atoms with van der Waals surface area (Å²) in [5, 5.41) is 0. The van der Waals surface area contributed by atoms with E-state index in [1.54, 1.807) is 14.0 Å². The quantitative estimate of drug-likeness (QED) is 0.793. The van der Waals surface area contributed by atoms with E-state index in [4.69, 9.17) is 4.74 Å². The minimum Gasteiger partial charge on any atom is -0.497 e. The topological polar surface area (TPSA) is 49.9 Å². The number of likely N-dealkylation sites (tertiary alicyclic amines) is 1. The molecule has 1 aliphatic rings. The van der Waals surface area contributed by atoms with Crippen LogP contribution in [-0.2, 0) is 9.59 Å². The lowest BCUT2D eigenvalue weighted by atomic mass is 9.98. The monoisotopic (exact) mass is 346 g/mol. The number of piperidine rings is 1. The molecule has 138 valence electrons. The fourth-order valence-electron chi connectivity index (χ4n) is 3.69. The van der Waals surface area contributed by atoms with E-state index in [1.807, 2.05) is 47.9 Å². The molecule has 0 spiro atoms. The van der Waals surface area contributed by atoms with Gasteiger partial charge in [0.25, 0.3) is 0 Å². The highest BCUT2D eigenvalue weighted by atomic mass is 16.5. The molecule has 0 saturated carbocycles. The van der Waals surface area contributed by atoms with E-state index in [9.17, 15) is 9.59 Å². The first kappa shape index (κ1) is 19.3. The molecule has 2 atom stereocenters. The van der Waals surface area contributed by atoms with Gasteiger partial charge in [0, 0.05) is 32.5 Å². The van der Waals surface area contributed by atoms with Gasteiger partial charge >= 0.3 is 0 Å². The molecule has 2 amide bonds. The average Bonchev–Trinajstić information content (AvgIpc) is 2.62. The molecule has 5 nitrogen and oxygen atoms in total. The van der Waals surface area contributed by atoms with Gasteiger partial charge in [0.15, 0.2) is 0 Å². The zero-order valence-corrected chi connectivity index (χ0v) is 15.8. The van der Waals surface area contributed by atoms with Crippen molar-refractivity contribution >= 4 is 11.8 Å². The van der Waals surface area contributed by atoms with Gasteiger partial charge in [-0.15, -0.1) is 0 Å². The summed E-state index contributed by atoms with van der Waals surface area (Å²) in [7, 11) is 1.64. The molecule has 1 fully saturated rings. The van der Waals surface area contributed by atoms with E-state index in [2.05, 4.69) is 0 Å². The van der Waals surface area contributed by atoms with E-state index in [0.29, 0.717) is 13.0 Å². The van der Waals surface area contributed by atoms with E-state index in [0.717, 1.165) is 37.1 Å². The summed E-state index contributed by atoms with van der Waals surface area (Å²) >= 11 is 0. The maximum atomic E-state index is 12.9. The van der Waals surface area contributed by atoms with Gasteiger partial charge in [-0.2, -0.15) is 0 Å². The standard InChI is InChI=1S/C20H30N2O3/c1-5-21(15(2)17-9-8-11-19(13-17)25-4)20(24)14-18-10-6-7-12-22(18)16(3)23/h8-9,11,13,15,18H,5-7,10,12,14H2,1-4H3. The van der Waals surface area contributed by atoms with Crippen LogP contribution in [0.5, 0.6) is 5.75 Å². The summed E-state index contributed by atoms with van der Waals surface area (Å²) in [6.07, 6.45) is 3.43. The van der Waals surface area contributed by atoms with Crippen molar-refractivity contribution in [3.63, 3.8) is 0 Å². The number of rotatable bonds is 6. The second-order valence-corrected chi connectivity index (χ2v) is 6.70. The fourth-order valence-corrected chi connectivity index (χ4v) is 3.69. The van der Waals surface area contributed by atoms with Gasteiger partial charge in [0.2, 0.25) is 11.8 Å². The van der Waals surface area contributed by atoms with Crippen molar-refractivity contribution in [1.29, 1.82) is 0 Å². The highest BCUT2D eigenvalue weighted by molar-refractivity contribution is 5.79. The number of hydrogen-bond acceptors (Lipinski definition) is 3. The van der Waals surface area contributed by atoms with Crippen LogP contribution < -0.4 is 4.74 Å². The van der Waals surface area contributed by atoms with Crippen LogP contribution in [0.15, 0.2) is 24.3 Å². The summed E-state index contributed by atoms with van der Waals surface area (Å²) in [4.78, 5) is 28.5. The van der Waals surface area contributed by atoms with Crippen molar-refractivity contribution in [2.75, 3.05) is 20.2 Å². The molecule has 0 aliphatic carbocycles. The number of amides is 2. The Morgan fingerprint density at radius 3 is 2.76 bits per heavy atom. The molecule has 1 aromatic carbocycles. The molecule has 0 aromatic heterocycles. The first-order chi connectivity index (χ1) is 12.0. The van der Waals surface area contributed by atoms with Crippen LogP contribution in [-0.4, -0.2) is 47.9 Å². The number of carbonyl (C=O) groups excluding carboxylic acids is 2. The highest BCUT2D eigenvalue weighted by Crippen LogP contribution is 2.26. The Bertz CT molecular complexity index is 602. The molecule has 2 unspecified atom stereocenters. The fraction of sp³-hybridized carbons (Fsp3) is 0.600. The summed E-state index contributed by atoms with van der Waals surface area (Å²) < 4.78 is 5.29. The van der Waals surface area contributed by atoms with Crippen LogP contribution in [0.1, 0.15) is 58.1 Å². The number of benzene rings is 1. The molecule has 1 aromatic rings. The summed E-state index contributed by atoms with van der Waals surface area (Å²) in [6.45, 7) is 7.05. The Hall–Kier alpha value is -2.04. The van der Waals surface area contributed by atoms with Crippen molar-refractivity contribution in [3.05, 3.63) is 29.8 Å². The van der Waals surface area contributed by atoms with Crippen LogP contribution in [0.2, 0.25) is 0 Å². The van der Waals surface area contributed by atoms with E-state index in [-0.39, 0.29) is 23.9 Å². The van der Waals surface area contributed by atoms with Crippen LogP contribution >= 0.6 is 0 Å². The Morgan fingerprint density at radius 1 is 1.36 bits per heavy atom. The molecule has 25 heavy (non-hydrogen) atoms. The molecule has 1 saturated heterocycles. The van der Waals surface area contributed by atoms with Gasteiger partial charge < -0.3 is 14.5 Å². The molecule has 1 aliphatic heterocycles. The maximum Gasteiger partial charge on any atom is 0.225 e. The van der Waals surface area contributed by atoms with Crippen molar-refractivity contribution < 1.29 is 14.3 Å². The second kappa shape index (κ2) is 8.88. The number of carbonyl (C=O) groups is 2. The van der Waals surface area contributed by atoms with Crippen LogP contribution in [0.4, 0.5) is 0 Å². The summed E-state index contributed by atoms with van der Waals surface area (Å²) in [6, 6.07) is 7.85. The van der Waals surface area contributed by atoms with Crippen molar-refractivity contribution in [3.8, 4) is 5.75 Å². The van der Waals surface area contributed by atoms with Gasteiger partial charge in [0.05, 0.1) is 13.2 Å². The lowest BCUT2D eigenvalue weighted by molar-refractivity contribution is -0.138. The largest absolute Gasteiger partial charge is 0.497 e. The molecule has 0 bridgehead atoms. The van der Waals surface area contributed by atoms with Gasteiger partial charge in [-0.25, -0.2) is 0 Å². The third kappa shape index (κ3) is 4.74. The number of hydrogen-bond donors (Lipinski definition) is 0. The minimum atomic E-state index is -0.0260. The first-order valence-electron chi connectivity index (χ1n) is 9.18. The summed E-state index contributed by atoms with van der Waals surface area (Å²) in [5.41, 5.74) is 1.06. The highest BCUT2D eigenvalue weighted by Gasteiger charge is 2.29. The molecule has 1 heterocycles. The smallest absolute Gasteiger partial charge is 0.225 e. The van der Waals surface area contributed by atoms with Crippen molar-refractivity contribution in [1.82, 2.24) is 9.80 Å². The van der Waals surface area contributed by atoms with Gasteiger partial charge in [-0.1, -0.05) is 12.1 Å². The Labute approximate surface area is 150 Å². The van der Waals surface area contributed by atoms with E-state index < -0.39 is 0 Å². The predicted molar refractivity (Wildman–Crippen MR) is 98.4 cm³/mol. The van der Waals surface area contributed by atoms with Crippen molar-refractivity contribution in [2.45, 2.75) is 58.5 Å². The Morgan fingerprint density at radius 2 is 2.12 bits per heavy atom. The van der Waals surface area contributed by atoms with Crippen LogP contribution in [0, 0.1) is 0 Å². The molecule has 2 rings (SSSR count). The van der Waals surface area contributed by atoms with Crippen LogP contribution in [0.25, 0.3) is 0 Å². The van der Waals surface area contributed by atoms with Crippen molar-refractivity contribution in [2.24, 2.45) is 0 Å². The second-order valence-electron chi connectivity index (χ2n) is 6.70. The minimum absolute atomic E-state index is 0.0260. The third-order valence-electron chi connectivity index (χ3n) is 5.15. The molecule has 0 radical (unpaired) electrons. The zero-order chi connectivity index (χ0) is 18.4. The van der Waals surface area contributed by atoms with Gasteiger partial charge in [-0.05, 0) is 50.8 Å². The average molecular weight is 346 g/mol. The third-order valence-corrected chi connectivity index (χ3v) is 5.15. The Kier molecular flexibility index (Phi) is 6.85. The van der Waals surface area contributed by atoms with E-state index >= 15 is 0 Å². The first-order valence-corrected chi connectivity index (χ1v) is 9.18. The molecule has 0 N–H and O–H groups in total. The summed E-state index contributed by atoms with van der Waals surface area (Å²) in [5.74, 6) is 0.972. The number of ether oxygens (including phenoxy) is 1. The molecular weight excluding hydrogens is 316 g/mol. The maximum absolute atomic E-state index is 12.9. The SMILES string of the molecule is CCN(C(=O)CC1CCCCN1C(C)=O)C(C)c1cccc(OC)c1. The normalized spacial score (nSPS) is 18.6. The Balaban J connectivity index is 2.10. The predicted octanol–water partition coefficient (Wildman–Crippen LogP) is 3.40. The molecular formula is C20H30N2O3. The molecule has 5 heteroatoms. The lowest BCUT2D eigenvalue weighted by Crippen LogP contribution is -2.46. The van der Waals surface area contributed by atoms with Gasteiger partial charge in [-0.3, -0.25) is 9.59 Å². The van der Waals surface area contributed by atoms with E-state index in [1.165, 1.54) is 0 Å². The number of methoxy groups -OCH3 is 1. The van der Waals surface area contributed by atoms with Crippen LogP contribution in [0.3, 0.4) is 0 Å². The zero-order valence-electron chi connectivity index (χ0n) is 15.8. The van der Waals surface area contributed by atoms with Gasteiger partial charge in [0.1, 0.15) is 5.75 Å².